The van der Waals surface area contributed by atoms with Crippen LogP contribution in [0.4, 0.5) is 26.3 Å². The van der Waals surface area contributed by atoms with Gasteiger partial charge in [-0.1, -0.05) is 0 Å². The maximum atomic E-state index is 12.4. The molecule has 0 aliphatic carbocycles. The second kappa shape index (κ2) is 4.71. The Balaban J connectivity index is 2.90. The van der Waals surface area contributed by atoms with Crippen molar-refractivity contribution in [1.82, 2.24) is 0 Å². The first-order valence-corrected chi connectivity index (χ1v) is 4.62. The van der Waals surface area contributed by atoms with Crippen molar-refractivity contribution in [1.29, 1.82) is 0 Å². The fourth-order valence-electron chi connectivity index (χ4n) is 1.19. The van der Waals surface area contributed by atoms with Crippen molar-refractivity contribution in [3.63, 3.8) is 0 Å². The fraction of sp³-hybridized carbons (Fsp3) is 0.875. The molecule has 0 saturated heterocycles. The van der Waals surface area contributed by atoms with E-state index in [1.807, 2.05) is 0 Å². The SMILES string of the molecule is CCOC1=NCC(C(F)(F)F)OC1C(F)(F)F. The van der Waals surface area contributed by atoms with E-state index in [9.17, 15) is 26.3 Å². The molecule has 0 amide bonds. The molecule has 3 nitrogen and oxygen atoms in total. The molecule has 17 heavy (non-hydrogen) atoms. The van der Waals surface area contributed by atoms with Crippen LogP contribution >= 0.6 is 0 Å². The molecule has 1 aliphatic heterocycles. The summed E-state index contributed by atoms with van der Waals surface area (Å²) in [5.74, 6) is -0.861. The minimum Gasteiger partial charge on any atom is -0.479 e. The van der Waals surface area contributed by atoms with Gasteiger partial charge in [-0.25, -0.2) is 4.99 Å². The Kier molecular flexibility index (Phi) is 3.90. The van der Waals surface area contributed by atoms with Crippen molar-refractivity contribution in [2.24, 2.45) is 4.99 Å². The van der Waals surface area contributed by atoms with Crippen molar-refractivity contribution >= 4 is 5.90 Å². The molecule has 2 atom stereocenters. The van der Waals surface area contributed by atoms with Crippen molar-refractivity contribution in [3.8, 4) is 0 Å². The Labute approximate surface area is 92.4 Å². The highest BCUT2D eigenvalue weighted by Crippen LogP contribution is 2.33. The summed E-state index contributed by atoms with van der Waals surface area (Å²) in [5, 5.41) is 0. The molecule has 0 bridgehead atoms. The van der Waals surface area contributed by atoms with Gasteiger partial charge in [0.05, 0.1) is 13.2 Å². The zero-order chi connectivity index (χ0) is 13.3. The van der Waals surface area contributed by atoms with Crippen LogP contribution in [-0.2, 0) is 9.47 Å². The smallest absolute Gasteiger partial charge is 0.423 e. The molecular weight excluding hydrogens is 256 g/mol. The van der Waals surface area contributed by atoms with E-state index in [-0.39, 0.29) is 6.61 Å². The largest absolute Gasteiger partial charge is 0.479 e. The average molecular weight is 265 g/mol. The van der Waals surface area contributed by atoms with Crippen LogP contribution in [0, 0.1) is 0 Å². The second-order valence-corrected chi connectivity index (χ2v) is 3.20. The molecular formula is C8H9F6NO2. The maximum absolute atomic E-state index is 12.4. The van der Waals surface area contributed by atoms with Gasteiger partial charge in [-0.2, -0.15) is 26.3 Å². The Morgan fingerprint density at radius 1 is 1.24 bits per heavy atom. The lowest BCUT2D eigenvalue weighted by Gasteiger charge is -2.31. The standard InChI is InChI=1S/C8H9F6NO2/c1-2-16-6-5(8(12,13)14)17-4(3-15-6)7(9,10)11/h4-5H,2-3H2,1H3. The number of nitrogens with zero attached hydrogens (tertiary/aromatic N) is 1. The van der Waals surface area contributed by atoms with E-state index in [1.165, 1.54) is 6.92 Å². The van der Waals surface area contributed by atoms with Crippen molar-refractivity contribution in [2.45, 2.75) is 31.5 Å². The molecule has 1 aliphatic rings. The summed E-state index contributed by atoms with van der Waals surface area (Å²) in [6, 6.07) is 0. The van der Waals surface area contributed by atoms with Crippen LogP contribution in [-0.4, -0.2) is 43.6 Å². The summed E-state index contributed by atoms with van der Waals surface area (Å²) in [4.78, 5) is 3.14. The monoisotopic (exact) mass is 265 g/mol. The third kappa shape index (κ3) is 3.48. The topological polar surface area (TPSA) is 30.8 Å². The van der Waals surface area contributed by atoms with Gasteiger partial charge in [-0.05, 0) is 6.92 Å². The number of aliphatic imine (C=N–C) groups is 1. The highest BCUT2D eigenvalue weighted by atomic mass is 19.4. The number of ether oxygens (including phenoxy) is 2. The molecule has 0 radical (unpaired) electrons. The van der Waals surface area contributed by atoms with Gasteiger partial charge in [0, 0.05) is 0 Å². The summed E-state index contributed by atoms with van der Waals surface area (Å²) < 4.78 is 82.4. The highest BCUT2D eigenvalue weighted by molar-refractivity contribution is 5.82. The number of halogens is 6. The van der Waals surface area contributed by atoms with E-state index >= 15 is 0 Å². The van der Waals surface area contributed by atoms with Crippen LogP contribution in [0.1, 0.15) is 6.92 Å². The molecule has 0 fully saturated rings. The Bertz CT molecular complexity index is 297. The van der Waals surface area contributed by atoms with Gasteiger partial charge in [0.2, 0.25) is 12.0 Å². The molecule has 0 saturated carbocycles. The molecule has 0 spiro atoms. The molecule has 0 aromatic rings. The molecule has 2 unspecified atom stereocenters. The predicted molar refractivity (Wildman–Crippen MR) is 44.7 cm³/mol. The van der Waals surface area contributed by atoms with E-state index in [2.05, 4.69) is 14.5 Å². The Morgan fingerprint density at radius 2 is 1.82 bits per heavy atom. The number of alkyl halides is 6. The molecule has 1 heterocycles. The predicted octanol–water partition coefficient (Wildman–Crippen LogP) is 2.31. The molecule has 100 valence electrons. The minimum atomic E-state index is -4.99. The molecule has 0 N–H and O–H groups in total. The lowest BCUT2D eigenvalue weighted by Crippen LogP contribution is -2.51. The van der Waals surface area contributed by atoms with Crippen LogP contribution < -0.4 is 0 Å². The highest BCUT2D eigenvalue weighted by Gasteiger charge is 2.53. The van der Waals surface area contributed by atoms with Crippen LogP contribution in [0.25, 0.3) is 0 Å². The zero-order valence-corrected chi connectivity index (χ0v) is 8.60. The van der Waals surface area contributed by atoms with Gasteiger partial charge >= 0.3 is 12.4 Å². The Morgan fingerprint density at radius 3 is 2.24 bits per heavy atom. The van der Waals surface area contributed by atoms with Gasteiger partial charge in [0.15, 0.2) is 6.10 Å². The number of rotatable bonds is 1. The third-order valence-electron chi connectivity index (χ3n) is 1.89. The molecule has 9 heteroatoms. The van der Waals surface area contributed by atoms with E-state index in [1.54, 1.807) is 0 Å². The van der Waals surface area contributed by atoms with Crippen LogP contribution in [0.15, 0.2) is 4.99 Å². The van der Waals surface area contributed by atoms with Gasteiger partial charge < -0.3 is 9.47 Å². The molecule has 0 aromatic heterocycles. The summed E-state index contributed by atoms with van der Waals surface area (Å²) in [6.45, 7) is 0.336. The van der Waals surface area contributed by atoms with E-state index < -0.39 is 37.0 Å². The van der Waals surface area contributed by atoms with Gasteiger partial charge in [-0.3, -0.25) is 0 Å². The van der Waals surface area contributed by atoms with Crippen molar-refractivity contribution < 1.29 is 35.8 Å². The van der Waals surface area contributed by atoms with Crippen LogP contribution in [0.2, 0.25) is 0 Å². The summed E-state index contributed by atoms with van der Waals surface area (Å²) >= 11 is 0. The van der Waals surface area contributed by atoms with Crippen molar-refractivity contribution in [3.05, 3.63) is 0 Å². The molecule has 1 rings (SSSR count). The summed E-state index contributed by atoms with van der Waals surface area (Å²) in [7, 11) is 0. The van der Waals surface area contributed by atoms with E-state index in [0.29, 0.717) is 0 Å². The first-order chi connectivity index (χ1) is 7.66. The zero-order valence-electron chi connectivity index (χ0n) is 8.60. The lowest BCUT2D eigenvalue weighted by atomic mass is 10.2. The second-order valence-electron chi connectivity index (χ2n) is 3.20. The minimum absolute atomic E-state index is 0.133. The quantitative estimate of drug-likeness (QED) is 0.681. The third-order valence-corrected chi connectivity index (χ3v) is 1.89. The first-order valence-electron chi connectivity index (χ1n) is 4.62. The van der Waals surface area contributed by atoms with E-state index in [0.717, 1.165) is 0 Å². The summed E-state index contributed by atoms with van der Waals surface area (Å²) in [5.41, 5.74) is 0. The first kappa shape index (κ1) is 14.1. The van der Waals surface area contributed by atoms with Gasteiger partial charge in [0.25, 0.3) is 0 Å². The van der Waals surface area contributed by atoms with E-state index in [4.69, 9.17) is 0 Å². The van der Waals surface area contributed by atoms with Crippen LogP contribution in [0.3, 0.4) is 0 Å². The Hall–Kier alpha value is -0.990. The van der Waals surface area contributed by atoms with Crippen LogP contribution in [0.5, 0.6) is 0 Å². The number of hydrogen-bond donors (Lipinski definition) is 0. The fourth-order valence-corrected chi connectivity index (χ4v) is 1.19. The summed E-state index contributed by atoms with van der Waals surface area (Å²) in [6.07, 6.45) is -15.2. The lowest BCUT2D eigenvalue weighted by molar-refractivity contribution is -0.273. The average Bonchev–Trinajstić information content (AvgIpc) is 2.15. The van der Waals surface area contributed by atoms with Crippen molar-refractivity contribution in [2.75, 3.05) is 13.2 Å². The van der Waals surface area contributed by atoms with Gasteiger partial charge in [-0.15, -0.1) is 0 Å². The molecule has 0 aromatic carbocycles. The normalized spacial score (nSPS) is 26.6. The van der Waals surface area contributed by atoms with Gasteiger partial charge in [0.1, 0.15) is 0 Å². The maximum Gasteiger partial charge on any atom is 0.423 e. The number of hydrogen-bond acceptors (Lipinski definition) is 3.